The third kappa shape index (κ3) is 1.63. The number of fused-ring (bicyclic) bond motifs is 1. The van der Waals surface area contributed by atoms with Crippen LogP contribution in [0.2, 0.25) is 0 Å². The van der Waals surface area contributed by atoms with Crippen molar-refractivity contribution in [3.05, 3.63) is 30.2 Å². The number of imidazole rings is 1. The maximum atomic E-state index is 11.3. The molecule has 0 radical (unpaired) electrons. The van der Waals surface area contributed by atoms with E-state index in [0.717, 1.165) is 0 Å². The van der Waals surface area contributed by atoms with Gasteiger partial charge in [0.05, 0.1) is 6.61 Å². The Bertz CT molecular complexity index is 504. The molecule has 78 valence electrons. The number of ether oxygens (including phenoxy) is 1. The van der Waals surface area contributed by atoms with Gasteiger partial charge in [0, 0.05) is 12.4 Å². The molecule has 0 spiro atoms. The maximum Gasteiger partial charge on any atom is 0.358 e. The number of rotatable bonds is 2. The van der Waals surface area contributed by atoms with E-state index >= 15 is 0 Å². The van der Waals surface area contributed by atoms with Crippen LogP contribution < -0.4 is 0 Å². The fourth-order valence-electron chi connectivity index (χ4n) is 1.30. The molecule has 5 heteroatoms. The van der Waals surface area contributed by atoms with Gasteiger partial charge in [-0.15, -0.1) is 0 Å². The second kappa shape index (κ2) is 3.61. The molecule has 0 saturated carbocycles. The first-order chi connectivity index (χ1) is 7.22. The van der Waals surface area contributed by atoms with E-state index < -0.39 is 5.97 Å². The number of carbonyl (C=O) groups is 1. The van der Waals surface area contributed by atoms with Gasteiger partial charge in [-0.2, -0.15) is 0 Å². The predicted octanol–water partition coefficient (Wildman–Crippen LogP) is 1.22. The third-order valence-electron chi connectivity index (χ3n) is 1.95. The fourth-order valence-corrected chi connectivity index (χ4v) is 1.30. The van der Waals surface area contributed by atoms with Crippen molar-refractivity contribution in [2.24, 2.45) is 0 Å². The Kier molecular flexibility index (Phi) is 2.29. The second-order valence-electron chi connectivity index (χ2n) is 2.97. The molecule has 0 bridgehead atoms. The van der Waals surface area contributed by atoms with Crippen LogP contribution in [0.25, 0.3) is 5.65 Å². The van der Waals surface area contributed by atoms with Crippen molar-refractivity contribution in [2.75, 3.05) is 6.61 Å². The van der Waals surface area contributed by atoms with Gasteiger partial charge in [-0.05, 0) is 19.1 Å². The minimum absolute atomic E-state index is 0.0352. The number of aromatic nitrogens is 2. The average molecular weight is 206 g/mol. The van der Waals surface area contributed by atoms with Crippen molar-refractivity contribution in [3.63, 3.8) is 0 Å². The second-order valence-corrected chi connectivity index (χ2v) is 2.97. The number of pyridine rings is 1. The monoisotopic (exact) mass is 206 g/mol. The molecule has 0 saturated heterocycles. The molecule has 2 heterocycles. The summed E-state index contributed by atoms with van der Waals surface area (Å²) in [5.41, 5.74) is 0.541. The highest BCUT2D eigenvalue weighted by Gasteiger charge is 2.12. The lowest BCUT2D eigenvalue weighted by atomic mass is 10.4. The number of hydrogen-bond acceptors (Lipinski definition) is 4. The molecule has 2 aromatic rings. The SMILES string of the molecule is CCOC(=O)c1cn2cccc(O)c2n1. The quantitative estimate of drug-likeness (QED) is 0.750. The number of nitrogens with zero attached hydrogens (tertiary/aromatic N) is 2. The molecule has 5 nitrogen and oxygen atoms in total. The zero-order valence-corrected chi connectivity index (χ0v) is 8.17. The van der Waals surface area contributed by atoms with Gasteiger partial charge in [-0.1, -0.05) is 0 Å². The number of esters is 1. The zero-order valence-electron chi connectivity index (χ0n) is 8.17. The molecule has 0 aliphatic rings. The van der Waals surface area contributed by atoms with Crippen LogP contribution in [0.5, 0.6) is 5.75 Å². The topological polar surface area (TPSA) is 63.8 Å². The highest BCUT2D eigenvalue weighted by atomic mass is 16.5. The molecule has 0 aromatic carbocycles. The predicted molar refractivity (Wildman–Crippen MR) is 52.8 cm³/mol. The summed E-state index contributed by atoms with van der Waals surface area (Å²) in [7, 11) is 0. The normalized spacial score (nSPS) is 10.5. The molecule has 0 atom stereocenters. The van der Waals surface area contributed by atoms with Crippen molar-refractivity contribution < 1.29 is 14.6 Å². The van der Waals surface area contributed by atoms with Crippen LogP contribution in [0.15, 0.2) is 24.5 Å². The Balaban J connectivity index is 2.47. The molecule has 0 amide bonds. The van der Waals surface area contributed by atoms with Gasteiger partial charge in [-0.3, -0.25) is 0 Å². The van der Waals surface area contributed by atoms with E-state index in [1.54, 1.807) is 23.6 Å². The summed E-state index contributed by atoms with van der Waals surface area (Å²) in [6, 6.07) is 3.18. The summed E-state index contributed by atoms with van der Waals surface area (Å²) in [6.07, 6.45) is 3.22. The van der Waals surface area contributed by atoms with Gasteiger partial charge < -0.3 is 14.2 Å². The van der Waals surface area contributed by atoms with E-state index in [0.29, 0.717) is 12.3 Å². The minimum Gasteiger partial charge on any atom is -0.504 e. The first kappa shape index (κ1) is 9.51. The van der Waals surface area contributed by atoms with Crippen LogP contribution in [-0.4, -0.2) is 27.1 Å². The lowest BCUT2D eigenvalue weighted by Gasteiger charge is -1.95. The maximum absolute atomic E-state index is 11.3. The Morgan fingerprint density at radius 2 is 2.47 bits per heavy atom. The smallest absolute Gasteiger partial charge is 0.358 e. The van der Waals surface area contributed by atoms with E-state index in [1.165, 1.54) is 12.3 Å². The van der Waals surface area contributed by atoms with E-state index in [-0.39, 0.29) is 11.4 Å². The Morgan fingerprint density at radius 3 is 3.13 bits per heavy atom. The largest absolute Gasteiger partial charge is 0.504 e. The standard InChI is InChI=1S/C10H10N2O3/c1-2-15-10(14)7-6-12-5-3-4-8(13)9(12)11-7/h3-6,13H,2H2,1H3. The third-order valence-corrected chi connectivity index (χ3v) is 1.95. The van der Waals surface area contributed by atoms with Crippen molar-refractivity contribution in [1.29, 1.82) is 0 Å². The van der Waals surface area contributed by atoms with E-state index in [2.05, 4.69) is 4.98 Å². The molecule has 0 fully saturated rings. The van der Waals surface area contributed by atoms with Crippen LogP contribution >= 0.6 is 0 Å². The fraction of sp³-hybridized carbons (Fsp3) is 0.200. The van der Waals surface area contributed by atoms with Crippen LogP contribution in [0.4, 0.5) is 0 Å². The van der Waals surface area contributed by atoms with Crippen molar-refractivity contribution in [2.45, 2.75) is 6.92 Å². The Hall–Kier alpha value is -2.04. The van der Waals surface area contributed by atoms with Gasteiger partial charge in [0.2, 0.25) is 0 Å². The lowest BCUT2D eigenvalue weighted by Crippen LogP contribution is -2.04. The van der Waals surface area contributed by atoms with Crippen LogP contribution in [-0.2, 0) is 4.74 Å². The highest BCUT2D eigenvalue weighted by molar-refractivity contribution is 5.88. The van der Waals surface area contributed by atoms with Gasteiger partial charge in [0.25, 0.3) is 0 Å². The van der Waals surface area contributed by atoms with Gasteiger partial charge in [0.15, 0.2) is 17.1 Å². The lowest BCUT2D eigenvalue weighted by molar-refractivity contribution is 0.0520. The van der Waals surface area contributed by atoms with Gasteiger partial charge in [0.1, 0.15) is 0 Å². The highest BCUT2D eigenvalue weighted by Crippen LogP contribution is 2.16. The molecule has 15 heavy (non-hydrogen) atoms. The average Bonchev–Trinajstić information content (AvgIpc) is 2.63. The summed E-state index contributed by atoms with van der Waals surface area (Å²) in [6.45, 7) is 2.03. The van der Waals surface area contributed by atoms with Crippen LogP contribution in [0.1, 0.15) is 17.4 Å². The molecule has 0 aliphatic carbocycles. The first-order valence-corrected chi connectivity index (χ1v) is 4.56. The molecular formula is C10H10N2O3. The van der Waals surface area contributed by atoms with Crippen LogP contribution in [0.3, 0.4) is 0 Å². The molecule has 1 N–H and O–H groups in total. The first-order valence-electron chi connectivity index (χ1n) is 4.56. The molecule has 2 aromatic heterocycles. The minimum atomic E-state index is -0.486. The van der Waals surface area contributed by atoms with E-state index in [9.17, 15) is 9.90 Å². The van der Waals surface area contributed by atoms with Crippen LogP contribution in [0, 0.1) is 0 Å². The van der Waals surface area contributed by atoms with Gasteiger partial charge >= 0.3 is 5.97 Å². The Labute approximate surface area is 85.9 Å². The van der Waals surface area contributed by atoms with E-state index in [1.807, 2.05) is 0 Å². The molecule has 2 rings (SSSR count). The van der Waals surface area contributed by atoms with Crippen molar-refractivity contribution in [3.8, 4) is 5.75 Å². The number of aromatic hydroxyl groups is 1. The summed E-state index contributed by atoms with van der Waals surface area (Å²) >= 11 is 0. The van der Waals surface area contributed by atoms with Crippen molar-refractivity contribution >= 4 is 11.6 Å². The summed E-state index contributed by atoms with van der Waals surface area (Å²) < 4.78 is 6.37. The molecule has 0 unspecified atom stereocenters. The molecular weight excluding hydrogens is 196 g/mol. The summed E-state index contributed by atoms with van der Waals surface area (Å²) in [4.78, 5) is 15.3. The summed E-state index contributed by atoms with van der Waals surface area (Å²) in [5.74, 6) is -0.450. The summed E-state index contributed by atoms with van der Waals surface area (Å²) in [5, 5.41) is 9.46. The van der Waals surface area contributed by atoms with Gasteiger partial charge in [-0.25, -0.2) is 9.78 Å². The van der Waals surface area contributed by atoms with E-state index in [4.69, 9.17) is 4.74 Å². The number of carbonyl (C=O) groups excluding carboxylic acids is 1. The zero-order chi connectivity index (χ0) is 10.8. The number of hydrogen-bond donors (Lipinski definition) is 1. The molecule has 0 aliphatic heterocycles. The van der Waals surface area contributed by atoms with Crippen molar-refractivity contribution in [1.82, 2.24) is 9.38 Å². The Morgan fingerprint density at radius 1 is 1.67 bits per heavy atom.